The number of ether oxygens (including phenoxy) is 1. The standard InChI is InChI=1S/C14H16N4O3S.ClH/c1-21-13(20)10-5-8(6-16-10)17-12(19)7-2-3-11-9(4-7)18-14(15)22-11;/h2-4,8,10,16H,5-6H2,1H3,(H2,15,18)(H,17,19);1H/t8-,10-;/m0./s1. The van der Waals surface area contributed by atoms with Gasteiger partial charge in [-0.05, 0) is 24.6 Å². The summed E-state index contributed by atoms with van der Waals surface area (Å²) in [6.07, 6.45) is 0.518. The zero-order valence-corrected chi connectivity index (χ0v) is 14.0. The molecule has 1 amide bonds. The van der Waals surface area contributed by atoms with Crippen molar-refractivity contribution in [1.29, 1.82) is 0 Å². The lowest BCUT2D eigenvalue weighted by Crippen LogP contribution is -2.36. The summed E-state index contributed by atoms with van der Waals surface area (Å²) >= 11 is 1.39. The summed E-state index contributed by atoms with van der Waals surface area (Å²) in [4.78, 5) is 27.9. The fraction of sp³-hybridized carbons (Fsp3) is 0.357. The van der Waals surface area contributed by atoms with Crippen LogP contribution in [0.25, 0.3) is 10.2 Å². The largest absolute Gasteiger partial charge is 0.468 e. The van der Waals surface area contributed by atoms with Gasteiger partial charge in [-0.1, -0.05) is 11.3 Å². The van der Waals surface area contributed by atoms with E-state index in [0.29, 0.717) is 29.2 Å². The molecule has 7 nitrogen and oxygen atoms in total. The highest BCUT2D eigenvalue weighted by Gasteiger charge is 2.31. The molecule has 0 aliphatic carbocycles. The molecule has 2 aromatic rings. The second-order valence-electron chi connectivity index (χ2n) is 5.12. The maximum Gasteiger partial charge on any atom is 0.322 e. The molecule has 1 saturated heterocycles. The van der Waals surface area contributed by atoms with Gasteiger partial charge in [-0.2, -0.15) is 0 Å². The van der Waals surface area contributed by atoms with E-state index in [4.69, 9.17) is 5.73 Å². The summed E-state index contributed by atoms with van der Waals surface area (Å²) in [7, 11) is 1.35. The first-order valence-electron chi connectivity index (χ1n) is 6.85. The highest BCUT2D eigenvalue weighted by Crippen LogP contribution is 2.24. The van der Waals surface area contributed by atoms with Crippen molar-refractivity contribution in [3.05, 3.63) is 23.8 Å². The Morgan fingerprint density at radius 2 is 2.26 bits per heavy atom. The highest BCUT2D eigenvalue weighted by molar-refractivity contribution is 7.22. The van der Waals surface area contributed by atoms with Crippen LogP contribution in [0.1, 0.15) is 16.8 Å². The number of nitrogens with zero attached hydrogens (tertiary/aromatic N) is 1. The van der Waals surface area contributed by atoms with Crippen molar-refractivity contribution < 1.29 is 14.3 Å². The molecule has 1 aromatic carbocycles. The highest BCUT2D eigenvalue weighted by atomic mass is 35.5. The van der Waals surface area contributed by atoms with Gasteiger partial charge in [0.05, 0.1) is 17.3 Å². The summed E-state index contributed by atoms with van der Waals surface area (Å²) in [5, 5.41) is 6.42. The quantitative estimate of drug-likeness (QED) is 0.706. The number of esters is 1. The molecule has 23 heavy (non-hydrogen) atoms. The van der Waals surface area contributed by atoms with Crippen LogP contribution in [0.2, 0.25) is 0 Å². The Kier molecular flexibility index (Phi) is 5.40. The molecule has 2 heterocycles. The monoisotopic (exact) mass is 356 g/mol. The number of rotatable bonds is 3. The van der Waals surface area contributed by atoms with Gasteiger partial charge in [0.1, 0.15) is 6.04 Å². The number of nitrogens with one attached hydrogen (secondary N) is 2. The normalized spacial score (nSPS) is 20.0. The Labute approximate surface area is 143 Å². The lowest BCUT2D eigenvalue weighted by molar-refractivity contribution is -0.142. The number of fused-ring (bicyclic) bond motifs is 1. The van der Waals surface area contributed by atoms with E-state index in [-0.39, 0.29) is 36.4 Å². The molecular weight excluding hydrogens is 340 g/mol. The topological polar surface area (TPSA) is 106 Å². The summed E-state index contributed by atoms with van der Waals surface area (Å²) in [6.45, 7) is 0.539. The molecule has 0 saturated carbocycles. The molecule has 0 spiro atoms. The van der Waals surface area contributed by atoms with Gasteiger partial charge in [0.15, 0.2) is 5.13 Å². The van der Waals surface area contributed by atoms with Crippen molar-refractivity contribution >= 4 is 51.0 Å². The number of aromatic nitrogens is 1. The van der Waals surface area contributed by atoms with Gasteiger partial charge < -0.3 is 21.1 Å². The first-order chi connectivity index (χ1) is 10.6. The van der Waals surface area contributed by atoms with Crippen LogP contribution in [0.15, 0.2) is 18.2 Å². The van der Waals surface area contributed by atoms with Crippen molar-refractivity contribution in [2.24, 2.45) is 0 Å². The Morgan fingerprint density at radius 1 is 1.48 bits per heavy atom. The molecule has 3 rings (SSSR count). The molecule has 1 fully saturated rings. The van der Waals surface area contributed by atoms with Gasteiger partial charge in [-0.3, -0.25) is 9.59 Å². The number of anilines is 1. The predicted molar refractivity (Wildman–Crippen MR) is 91.0 cm³/mol. The number of benzene rings is 1. The van der Waals surface area contributed by atoms with Crippen molar-refractivity contribution in [2.45, 2.75) is 18.5 Å². The second-order valence-corrected chi connectivity index (χ2v) is 6.19. The summed E-state index contributed by atoms with van der Waals surface area (Å²) in [5.74, 6) is -0.498. The minimum absolute atomic E-state index is 0. The molecule has 9 heteroatoms. The number of carbonyl (C=O) groups excluding carboxylic acids is 2. The van der Waals surface area contributed by atoms with Gasteiger partial charge in [0.2, 0.25) is 0 Å². The number of hydrogen-bond acceptors (Lipinski definition) is 7. The third-order valence-electron chi connectivity index (χ3n) is 3.62. The SMILES string of the molecule is COC(=O)[C@@H]1C[C@H](NC(=O)c2ccc3sc(N)nc3c2)CN1.Cl. The van der Waals surface area contributed by atoms with E-state index in [0.717, 1.165) is 4.70 Å². The molecule has 1 aliphatic rings. The molecule has 4 N–H and O–H groups in total. The van der Waals surface area contributed by atoms with E-state index in [2.05, 4.69) is 20.4 Å². The summed E-state index contributed by atoms with van der Waals surface area (Å²) < 4.78 is 5.64. The van der Waals surface area contributed by atoms with Gasteiger partial charge >= 0.3 is 5.97 Å². The Morgan fingerprint density at radius 3 is 3.00 bits per heavy atom. The Hall–Kier alpha value is -1.90. The second kappa shape index (κ2) is 7.12. The third kappa shape index (κ3) is 3.72. The molecule has 1 aromatic heterocycles. The number of halogens is 1. The van der Waals surface area contributed by atoms with Gasteiger partial charge in [0, 0.05) is 18.2 Å². The maximum atomic E-state index is 12.3. The van der Waals surface area contributed by atoms with Crippen LogP contribution in [-0.4, -0.2) is 42.6 Å². The smallest absolute Gasteiger partial charge is 0.322 e. The van der Waals surface area contributed by atoms with Crippen LogP contribution in [0, 0.1) is 0 Å². The maximum absolute atomic E-state index is 12.3. The molecule has 0 bridgehead atoms. The fourth-order valence-corrected chi connectivity index (χ4v) is 3.24. The molecule has 124 valence electrons. The Balaban J connectivity index is 0.00000192. The minimum Gasteiger partial charge on any atom is -0.468 e. The molecule has 1 aliphatic heterocycles. The molecular formula is C14H17ClN4O3S. The van der Waals surface area contributed by atoms with Crippen molar-refractivity contribution in [3.8, 4) is 0 Å². The number of amides is 1. The van der Waals surface area contributed by atoms with E-state index in [1.54, 1.807) is 12.1 Å². The number of methoxy groups -OCH3 is 1. The minimum atomic E-state index is -0.365. The van der Waals surface area contributed by atoms with Crippen molar-refractivity contribution in [1.82, 2.24) is 15.6 Å². The molecule has 0 radical (unpaired) electrons. The van der Waals surface area contributed by atoms with Crippen molar-refractivity contribution in [3.63, 3.8) is 0 Å². The number of nitrogens with two attached hydrogens (primary N) is 1. The van der Waals surface area contributed by atoms with Crippen LogP contribution in [0.5, 0.6) is 0 Å². The van der Waals surface area contributed by atoms with Gasteiger partial charge in [-0.25, -0.2) is 4.98 Å². The number of hydrogen-bond donors (Lipinski definition) is 3. The lowest BCUT2D eigenvalue weighted by atomic mass is 10.1. The first kappa shape index (κ1) is 17.5. The third-order valence-corrected chi connectivity index (χ3v) is 4.48. The van der Waals surface area contributed by atoms with Crippen LogP contribution in [0.4, 0.5) is 5.13 Å². The van der Waals surface area contributed by atoms with E-state index in [9.17, 15) is 9.59 Å². The van der Waals surface area contributed by atoms with E-state index >= 15 is 0 Å². The molecule has 2 atom stereocenters. The zero-order chi connectivity index (χ0) is 15.7. The summed E-state index contributed by atoms with van der Waals surface area (Å²) in [5.41, 5.74) is 6.90. The number of nitrogen functional groups attached to an aromatic ring is 1. The van der Waals surface area contributed by atoms with Gasteiger partial charge in [-0.15, -0.1) is 12.4 Å². The average molecular weight is 357 g/mol. The van der Waals surface area contributed by atoms with Crippen LogP contribution < -0.4 is 16.4 Å². The van der Waals surface area contributed by atoms with Gasteiger partial charge in [0.25, 0.3) is 5.91 Å². The average Bonchev–Trinajstić information content (AvgIpc) is 3.10. The van der Waals surface area contributed by atoms with Crippen LogP contribution in [0.3, 0.4) is 0 Å². The van der Waals surface area contributed by atoms with Crippen LogP contribution in [-0.2, 0) is 9.53 Å². The number of carbonyl (C=O) groups is 2. The Bertz CT molecular complexity index is 736. The van der Waals surface area contributed by atoms with Crippen LogP contribution >= 0.6 is 23.7 Å². The van der Waals surface area contributed by atoms with Crippen molar-refractivity contribution in [2.75, 3.05) is 19.4 Å². The zero-order valence-electron chi connectivity index (χ0n) is 12.4. The van der Waals surface area contributed by atoms with E-state index < -0.39 is 0 Å². The summed E-state index contributed by atoms with van der Waals surface area (Å²) in [6, 6.07) is 4.83. The predicted octanol–water partition coefficient (Wildman–Crippen LogP) is 0.934. The lowest BCUT2D eigenvalue weighted by Gasteiger charge is -2.11. The number of thiazole rings is 1. The fourth-order valence-electron chi connectivity index (χ4n) is 2.52. The molecule has 0 unspecified atom stereocenters. The first-order valence-corrected chi connectivity index (χ1v) is 7.66. The van der Waals surface area contributed by atoms with E-state index in [1.165, 1.54) is 18.4 Å². The van der Waals surface area contributed by atoms with E-state index in [1.807, 2.05) is 6.07 Å².